The molecule has 4 aromatic rings. The minimum absolute atomic E-state index is 0.00700. The SMILES string of the molecule is CC[C@H](c1nnnn1C1CCCCC1)N(Cc1ccc(C)cc1)Cc1cc2c(C)cc(C)cc2[nH]c1=O. The fourth-order valence-electron chi connectivity index (χ4n) is 5.87. The maximum Gasteiger partial charge on any atom is 0.252 e. The first-order chi connectivity index (χ1) is 17.9. The van der Waals surface area contributed by atoms with Gasteiger partial charge < -0.3 is 4.98 Å². The van der Waals surface area contributed by atoms with E-state index in [-0.39, 0.29) is 11.6 Å². The molecule has 1 fully saturated rings. The standard InChI is InChI=1S/C30H38N6O/c1-5-28(29-32-33-34-36(29)25-9-7-6-8-10-25)35(18-23-13-11-20(2)12-14-23)19-24-17-26-22(4)15-21(3)16-27(26)31-30(24)37/h11-17,25,28H,5-10,18-19H2,1-4H3,(H,31,37)/t28-/m1/s1. The highest BCUT2D eigenvalue weighted by molar-refractivity contribution is 5.83. The molecule has 7 nitrogen and oxygen atoms in total. The number of rotatable bonds is 8. The summed E-state index contributed by atoms with van der Waals surface area (Å²) in [7, 11) is 0. The fourth-order valence-corrected chi connectivity index (χ4v) is 5.87. The van der Waals surface area contributed by atoms with Crippen LogP contribution < -0.4 is 5.56 Å². The second-order valence-corrected chi connectivity index (χ2v) is 10.8. The van der Waals surface area contributed by atoms with Gasteiger partial charge in [0, 0.05) is 29.6 Å². The molecule has 2 aromatic heterocycles. The lowest BCUT2D eigenvalue weighted by atomic mass is 9.95. The summed E-state index contributed by atoms with van der Waals surface area (Å²) in [6.07, 6.45) is 6.82. The van der Waals surface area contributed by atoms with Crippen molar-refractivity contribution < 1.29 is 0 Å². The lowest BCUT2D eigenvalue weighted by molar-refractivity contribution is 0.155. The van der Waals surface area contributed by atoms with Crippen LogP contribution in [0.25, 0.3) is 10.9 Å². The van der Waals surface area contributed by atoms with Gasteiger partial charge in [-0.3, -0.25) is 9.69 Å². The Morgan fingerprint density at radius 1 is 1.00 bits per heavy atom. The van der Waals surface area contributed by atoms with Crippen molar-refractivity contribution >= 4 is 10.9 Å². The first kappa shape index (κ1) is 25.3. The molecule has 0 bridgehead atoms. The molecule has 1 aliphatic carbocycles. The molecule has 5 rings (SSSR count). The van der Waals surface area contributed by atoms with Crippen LogP contribution in [0.1, 0.15) is 91.2 Å². The Hall–Kier alpha value is -3.32. The lowest BCUT2D eigenvalue weighted by Crippen LogP contribution is -2.33. The number of H-pyrrole nitrogens is 1. The molecule has 1 atom stereocenters. The van der Waals surface area contributed by atoms with Crippen molar-refractivity contribution in [2.24, 2.45) is 0 Å². The fraction of sp³-hybridized carbons (Fsp3) is 0.467. The molecule has 0 aliphatic heterocycles. The molecular weight excluding hydrogens is 460 g/mol. The predicted octanol–water partition coefficient (Wildman–Crippen LogP) is 6.10. The van der Waals surface area contributed by atoms with E-state index in [2.05, 4.69) is 94.2 Å². The van der Waals surface area contributed by atoms with Crippen molar-refractivity contribution in [2.75, 3.05) is 0 Å². The molecule has 37 heavy (non-hydrogen) atoms. The van der Waals surface area contributed by atoms with Gasteiger partial charge in [-0.2, -0.15) is 0 Å². The van der Waals surface area contributed by atoms with E-state index < -0.39 is 0 Å². The Kier molecular flexibility index (Phi) is 7.51. The number of aromatic amines is 1. The number of nitrogens with one attached hydrogen (secondary N) is 1. The first-order valence-corrected chi connectivity index (χ1v) is 13.6. The van der Waals surface area contributed by atoms with Crippen LogP contribution in [0.5, 0.6) is 0 Å². The molecule has 2 heterocycles. The van der Waals surface area contributed by atoms with E-state index in [0.29, 0.717) is 19.1 Å². The summed E-state index contributed by atoms with van der Waals surface area (Å²) in [5.41, 5.74) is 6.39. The summed E-state index contributed by atoms with van der Waals surface area (Å²) < 4.78 is 2.08. The average Bonchev–Trinajstić information content (AvgIpc) is 3.36. The van der Waals surface area contributed by atoms with Crippen LogP contribution in [0.2, 0.25) is 0 Å². The minimum Gasteiger partial charge on any atom is -0.322 e. The van der Waals surface area contributed by atoms with Crippen LogP contribution in [0.15, 0.2) is 47.3 Å². The Balaban J connectivity index is 1.54. The third kappa shape index (κ3) is 5.52. The molecule has 194 valence electrons. The third-order valence-electron chi connectivity index (χ3n) is 7.83. The lowest BCUT2D eigenvalue weighted by Gasteiger charge is -2.32. The summed E-state index contributed by atoms with van der Waals surface area (Å²) in [6, 6.07) is 15.3. The van der Waals surface area contributed by atoms with Crippen molar-refractivity contribution in [3.05, 3.63) is 86.5 Å². The number of fused-ring (bicyclic) bond motifs is 1. The zero-order chi connectivity index (χ0) is 25.9. The summed E-state index contributed by atoms with van der Waals surface area (Å²) in [4.78, 5) is 18.8. The van der Waals surface area contributed by atoms with E-state index in [1.807, 2.05) is 6.07 Å². The quantitative estimate of drug-likeness (QED) is 0.318. The second kappa shape index (κ2) is 11.0. The van der Waals surface area contributed by atoms with Gasteiger partial charge in [0.15, 0.2) is 5.82 Å². The number of nitrogens with zero attached hydrogens (tertiary/aromatic N) is 5. The van der Waals surface area contributed by atoms with Crippen molar-refractivity contribution in [3.8, 4) is 0 Å². The summed E-state index contributed by atoms with van der Waals surface area (Å²) >= 11 is 0. The molecule has 0 unspecified atom stereocenters. The molecular formula is C30H38N6O. The van der Waals surface area contributed by atoms with Gasteiger partial charge >= 0.3 is 0 Å². The highest BCUT2D eigenvalue weighted by atomic mass is 16.1. The maximum absolute atomic E-state index is 13.3. The van der Waals surface area contributed by atoms with Crippen molar-refractivity contribution in [2.45, 2.75) is 91.4 Å². The van der Waals surface area contributed by atoms with Gasteiger partial charge in [0.05, 0.1) is 12.1 Å². The molecule has 1 saturated carbocycles. The Labute approximate surface area is 218 Å². The average molecular weight is 499 g/mol. The van der Waals surface area contributed by atoms with E-state index in [0.717, 1.165) is 47.1 Å². The Morgan fingerprint density at radius 3 is 2.49 bits per heavy atom. The first-order valence-electron chi connectivity index (χ1n) is 13.6. The van der Waals surface area contributed by atoms with Crippen molar-refractivity contribution in [3.63, 3.8) is 0 Å². The van der Waals surface area contributed by atoms with Crippen molar-refractivity contribution in [1.29, 1.82) is 0 Å². The summed E-state index contributed by atoms with van der Waals surface area (Å²) in [5, 5.41) is 14.2. The molecule has 0 radical (unpaired) electrons. The van der Waals surface area contributed by atoms with Crippen LogP contribution in [0, 0.1) is 20.8 Å². The van der Waals surface area contributed by atoms with Gasteiger partial charge in [-0.1, -0.05) is 62.1 Å². The van der Waals surface area contributed by atoms with E-state index in [1.54, 1.807) is 0 Å². The van der Waals surface area contributed by atoms with E-state index in [1.165, 1.54) is 36.0 Å². The molecule has 1 aliphatic rings. The smallest absolute Gasteiger partial charge is 0.252 e. The van der Waals surface area contributed by atoms with Gasteiger partial charge in [0.2, 0.25) is 0 Å². The molecule has 1 N–H and O–H groups in total. The topological polar surface area (TPSA) is 79.7 Å². The highest BCUT2D eigenvalue weighted by Gasteiger charge is 2.29. The van der Waals surface area contributed by atoms with Crippen LogP contribution in [-0.2, 0) is 13.1 Å². The number of pyridine rings is 1. The maximum atomic E-state index is 13.3. The van der Waals surface area contributed by atoms with Gasteiger partial charge in [-0.15, -0.1) is 5.10 Å². The number of tetrazole rings is 1. The van der Waals surface area contributed by atoms with E-state index >= 15 is 0 Å². The molecule has 7 heteroatoms. The number of hydrogen-bond donors (Lipinski definition) is 1. The van der Waals surface area contributed by atoms with Crippen molar-refractivity contribution in [1.82, 2.24) is 30.1 Å². The zero-order valence-electron chi connectivity index (χ0n) is 22.5. The Bertz CT molecular complexity index is 1410. The number of aromatic nitrogens is 5. The van der Waals surface area contributed by atoms with Crippen LogP contribution >= 0.6 is 0 Å². The number of aryl methyl sites for hydroxylation is 3. The Morgan fingerprint density at radius 2 is 1.76 bits per heavy atom. The second-order valence-electron chi connectivity index (χ2n) is 10.8. The van der Waals surface area contributed by atoms with Gasteiger partial charge in [0.1, 0.15) is 0 Å². The van der Waals surface area contributed by atoms with Crippen LogP contribution in [0.4, 0.5) is 0 Å². The van der Waals surface area contributed by atoms with E-state index in [9.17, 15) is 4.79 Å². The predicted molar refractivity (Wildman–Crippen MR) is 147 cm³/mol. The van der Waals surface area contributed by atoms with Gasteiger partial charge in [-0.05, 0) is 79.3 Å². The largest absolute Gasteiger partial charge is 0.322 e. The number of hydrogen-bond acceptors (Lipinski definition) is 5. The van der Waals surface area contributed by atoms with Crippen LogP contribution in [0.3, 0.4) is 0 Å². The minimum atomic E-state index is -0.0341. The monoisotopic (exact) mass is 498 g/mol. The molecule has 0 saturated heterocycles. The molecule has 0 amide bonds. The van der Waals surface area contributed by atoms with Gasteiger partial charge in [0.25, 0.3) is 5.56 Å². The summed E-state index contributed by atoms with van der Waals surface area (Å²) in [6.45, 7) is 9.68. The molecule has 0 spiro atoms. The van der Waals surface area contributed by atoms with E-state index in [4.69, 9.17) is 0 Å². The van der Waals surface area contributed by atoms with Gasteiger partial charge in [-0.25, -0.2) is 4.68 Å². The summed E-state index contributed by atoms with van der Waals surface area (Å²) in [5.74, 6) is 0.908. The zero-order valence-corrected chi connectivity index (χ0v) is 22.5. The highest BCUT2D eigenvalue weighted by Crippen LogP contribution is 2.33. The third-order valence-corrected chi connectivity index (χ3v) is 7.83. The normalized spacial score (nSPS) is 15.5. The van der Waals surface area contributed by atoms with Crippen LogP contribution in [-0.4, -0.2) is 30.1 Å². The molecule has 2 aromatic carbocycles. The number of benzene rings is 2.